The Balaban J connectivity index is 2.89. The summed E-state index contributed by atoms with van der Waals surface area (Å²) in [7, 11) is 1.59. The molecule has 0 heterocycles. The number of carbonyl (C=O) groups excluding carboxylic acids is 1. The zero-order valence-electron chi connectivity index (χ0n) is 15.2. The molecule has 4 N–H and O–H groups in total. The Kier molecular flexibility index (Phi) is 6.01. The summed E-state index contributed by atoms with van der Waals surface area (Å²) in [5.41, 5.74) is 5.10. The summed E-state index contributed by atoms with van der Waals surface area (Å²) in [6, 6.07) is 7.22. The summed E-state index contributed by atoms with van der Waals surface area (Å²) in [6.45, 7) is 8.93. The first kappa shape index (κ1) is 19.5. The van der Waals surface area contributed by atoms with Gasteiger partial charge in [0, 0.05) is 17.2 Å². The molecule has 1 rings (SSSR count). The summed E-state index contributed by atoms with van der Waals surface area (Å²) < 4.78 is 5.10. The minimum absolute atomic E-state index is 0.0305. The minimum Gasteiger partial charge on any atom is -0.512 e. The number of nitrogens with one attached hydrogen (secondary N) is 1. The second-order valence-electron chi connectivity index (χ2n) is 7.10. The number of aliphatic hydroxyl groups excluding tert-OH is 1. The number of carbonyl (C=O) groups is 1. The van der Waals surface area contributed by atoms with Gasteiger partial charge in [0.25, 0.3) is 5.91 Å². The predicted octanol–water partition coefficient (Wildman–Crippen LogP) is 3.26. The van der Waals surface area contributed by atoms with E-state index < -0.39 is 16.9 Å². The van der Waals surface area contributed by atoms with Crippen LogP contribution in [0.1, 0.15) is 34.6 Å². The molecule has 1 amide bonds. The molecule has 24 heavy (non-hydrogen) atoms. The van der Waals surface area contributed by atoms with Gasteiger partial charge < -0.3 is 20.9 Å². The molecule has 132 valence electrons. The molecule has 0 aliphatic heterocycles. The van der Waals surface area contributed by atoms with E-state index in [2.05, 4.69) is 10.3 Å². The standard InChI is InChI=1S/C18H27N3O3/c1-17(2,3)14(22)11-15(19)20-16(23)18(4,5)21-12-7-9-13(24-6)10-8-12/h7-11,21-22H,1-6H3,(H2,19,20,23)/b14-11-. The van der Waals surface area contributed by atoms with E-state index in [9.17, 15) is 9.90 Å². The molecular weight excluding hydrogens is 306 g/mol. The monoisotopic (exact) mass is 333 g/mol. The molecule has 1 aromatic rings. The first-order valence-corrected chi connectivity index (χ1v) is 7.67. The summed E-state index contributed by atoms with van der Waals surface area (Å²) in [4.78, 5) is 16.2. The fraction of sp³-hybridized carbons (Fsp3) is 0.444. The maximum absolute atomic E-state index is 12.4. The molecule has 0 bridgehead atoms. The Morgan fingerprint density at radius 2 is 1.75 bits per heavy atom. The zero-order chi connectivity index (χ0) is 18.5. The van der Waals surface area contributed by atoms with Crippen molar-refractivity contribution in [1.82, 2.24) is 0 Å². The number of aliphatic imine (C=N–C) groups is 1. The number of benzene rings is 1. The van der Waals surface area contributed by atoms with E-state index in [-0.39, 0.29) is 11.6 Å². The third-order valence-electron chi connectivity index (χ3n) is 3.37. The highest BCUT2D eigenvalue weighted by molar-refractivity contribution is 6.03. The number of nitrogens with zero attached hydrogens (tertiary/aromatic N) is 1. The quantitative estimate of drug-likeness (QED) is 0.436. The number of aliphatic hydroxyl groups is 1. The first-order chi connectivity index (χ1) is 11.0. The third-order valence-corrected chi connectivity index (χ3v) is 3.37. The number of amidine groups is 1. The predicted molar refractivity (Wildman–Crippen MR) is 97.5 cm³/mol. The smallest absolute Gasteiger partial charge is 0.272 e. The van der Waals surface area contributed by atoms with Crippen LogP contribution in [0.25, 0.3) is 0 Å². The van der Waals surface area contributed by atoms with Crippen molar-refractivity contribution in [3.63, 3.8) is 0 Å². The zero-order valence-corrected chi connectivity index (χ0v) is 15.2. The number of hydrogen-bond donors (Lipinski definition) is 3. The number of amides is 1. The van der Waals surface area contributed by atoms with Crippen LogP contribution in [0.5, 0.6) is 5.75 Å². The lowest BCUT2D eigenvalue weighted by molar-refractivity contribution is -0.121. The topological polar surface area (TPSA) is 96.9 Å². The van der Waals surface area contributed by atoms with Crippen LogP contribution in [0.15, 0.2) is 41.1 Å². The number of rotatable bonds is 5. The van der Waals surface area contributed by atoms with E-state index in [1.165, 1.54) is 6.08 Å². The van der Waals surface area contributed by atoms with Gasteiger partial charge in [0.1, 0.15) is 22.9 Å². The Morgan fingerprint density at radius 1 is 1.21 bits per heavy atom. The summed E-state index contributed by atoms with van der Waals surface area (Å²) in [5, 5.41) is 13.0. The van der Waals surface area contributed by atoms with Gasteiger partial charge in [0.15, 0.2) is 0 Å². The average molecular weight is 333 g/mol. The maximum atomic E-state index is 12.4. The van der Waals surface area contributed by atoms with Gasteiger partial charge in [-0.15, -0.1) is 0 Å². The Bertz CT molecular complexity index is 638. The largest absolute Gasteiger partial charge is 0.512 e. The lowest BCUT2D eigenvalue weighted by Gasteiger charge is -2.24. The second kappa shape index (κ2) is 7.38. The van der Waals surface area contributed by atoms with E-state index in [1.807, 2.05) is 32.9 Å². The normalized spacial score (nSPS) is 13.6. The van der Waals surface area contributed by atoms with Gasteiger partial charge in [0.05, 0.1) is 7.11 Å². The molecule has 0 aliphatic carbocycles. The first-order valence-electron chi connectivity index (χ1n) is 7.67. The van der Waals surface area contributed by atoms with Crippen LogP contribution in [-0.2, 0) is 4.79 Å². The summed E-state index contributed by atoms with van der Waals surface area (Å²) in [6.07, 6.45) is 1.31. The Morgan fingerprint density at radius 3 is 2.21 bits per heavy atom. The van der Waals surface area contributed by atoms with Crippen molar-refractivity contribution in [2.75, 3.05) is 12.4 Å². The van der Waals surface area contributed by atoms with Crippen molar-refractivity contribution in [1.29, 1.82) is 0 Å². The van der Waals surface area contributed by atoms with Crippen molar-refractivity contribution in [2.45, 2.75) is 40.2 Å². The van der Waals surface area contributed by atoms with Crippen LogP contribution >= 0.6 is 0 Å². The molecular formula is C18H27N3O3. The molecule has 0 radical (unpaired) electrons. The SMILES string of the molecule is COc1ccc(NC(C)(C)C(=O)N=C(N)/C=C(\O)C(C)(C)C)cc1. The van der Waals surface area contributed by atoms with E-state index in [0.717, 1.165) is 11.4 Å². The van der Waals surface area contributed by atoms with Crippen molar-refractivity contribution in [3.8, 4) is 5.75 Å². The lowest BCUT2D eigenvalue weighted by Crippen LogP contribution is -2.40. The highest BCUT2D eigenvalue weighted by Crippen LogP contribution is 2.22. The fourth-order valence-electron chi connectivity index (χ4n) is 1.73. The molecule has 0 spiro atoms. The number of nitrogens with two attached hydrogens (primary N) is 1. The van der Waals surface area contributed by atoms with Gasteiger partial charge in [-0.2, -0.15) is 4.99 Å². The molecule has 0 unspecified atom stereocenters. The molecule has 6 nitrogen and oxygen atoms in total. The average Bonchev–Trinajstić information content (AvgIpc) is 2.46. The van der Waals surface area contributed by atoms with Crippen molar-refractivity contribution in [3.05, 3.63) is 36.1 Å². The van der Waals surface area contributed by atoms with Crippen molar-refractivity contribution < 1.29 is 14.6 Å². The van der Waals surface area contributed by atoms with Crippen molar-refractivity contribution >= 4 is 17.4 Å². The molecule has 0 saturated carbocycles. The summed E-state index contributed by atoms with van der Waals surface area (Å²) >= 11 is 0. The van der Waals surface area contributed by atoms with E-state index >= 15 is 0 Å². The van der Waals surface area contributed by atoms with E-state index in [1.54, 1.807) is 33.1 Å². The van der Waals surface area contributed by atoms with Crippen LogP contribution in [0.4, 0.5) is 5.69 Å². The van der Waals surface area contributed by atoms with Crippen LogP contribution < -0.4 is 15.8 Å². The lowest BCUT2D eigenvalue weighted by atomic mass is 9.93. The maximum Gasteiger partial charge on any atom is 0.272 e. The molecule has 1 aromatic carbocycles. The number of allylic oxidation sites excluding steroid dienone is 1. The molecule has 0 atom stereocenters. The second-order valence-corrected chi connectivity index (χ2v) is 7.10. The highest BCUT2D eigenvalue weighted by atomic mass is 16.5. The van der Waals surface area contributed by atoms with Gasteiger partial charge in [-0.25, -0.2) is 0 Å². The van der Waals surface area contributed by atoms with Gasteiger partial charge in [-0.3, -0.25) is 4.79 Å². The van der Waals surface area contributed by atoms with Gasteiger partial charge in [0.2, 0.25) is 0 Å². The van der Waals surface area contributed by atoms with Gasteiger partial charge >= 0.3 is 0 Å². The molecule has 0 fully saturated rings. The molecule has 0 aliphatic rings. The van der Waals surface area contributed by atoms with Crippen LogP contribution in [0.2, 0.25) is 0 Å². The molecule has 6 heteroatoms. The number of methoxy groups -OCH3 is 1. The van der Waals surface area contributed by atoms with Crippen LogP contribution in [0.3, 0.4) is 0 Å². The van der Waals surface area contributed by atoms with E-state index in [4.69, 9.17) is 10.5 Å². The van der Waals surface area contributed by atoms with Crippen molar-refractivity contribution in [2.24, 2.45) is 16.1 Å². The highest BCUT2D eigenvalue weighted by Gasteiger charge is 2.27. The van der Waals surface area contributed by atoms with Gasteiger partial charge in [-0.05, 0) is 38.1 Å². The molecule has 0 saturated heterocycles. The Hall–Kier alpha value is -2.50. The summed E-state index contributed by atoms with van der Waals surface area (Å²) in [5.74, 6) is 0.331. The minimum atomic E-state index is -0.954. The van der Waals surface area contributed by atoms with Crippen LogP contribution in [0, 0.1) is 5.41 Å². The van der Waals surface area contributed by atoms with Gasteiger partial charge in [-0.1, -0.05) is 20.8 Å². The third kappa shape index (κ3) is 5.61. The Labute approximate surface area is 143 Å². The van der Waals surface area contributed by atoms with E-state index in [0.29, 0.717) is 0 Å². The number of anilines is 1. The number of hydrogen-bond acceptors (Lipinski definition) is 4. The van der Waals surface area contributed by atoms with Crippen LogP contribution in [-0.4, -0.2) is 29.5 Å². The fourth-order valence-corrected chi connectivity index (χ4v) is 1.73. The molecule has 0 aromatic heterocycles. The number of ether oxygens (including phenoxy) is 1.